The van der Waals surface area contributed by atoms with E-state index >= 15 is 0 Å². The second-order valence-corrected chi connectivity index (χ2v) is 10.2. The van der Waals surface area contributed by atoms with Gasteiger partial charge in [0.15, 0.2) is 0 Å². The first-order valence-corrected chi connectivity index (χ1v) is 12.1. The third kappa shape index (κ3) is 5.38. The minimum atomic E-state index is -3.63. The number of nitrogens with one attached hydrogen (secondary N) is 1. The van der Waals surface area contributed by atoms with Crippen LogP contribution in [0.2, 0.25) is 10.0 Å². The Kier molecular flexibility index (Phi) is 7.26. The first kappa shape index (κ1) is 23.5. The number of carbonyl (C=O) groups is 2. The van der Waals surface area contributed by atoms with E-state index in [2.05, 4.69) is 5.32 Å². The van der Waals surface area contributed by atoms with Crippen molar-refractivity contribution in [1.29, 1.82) is 0 Å². The number of halogens is 2. The number of rotatable bonds is 6. The van der Waals surface area contributed by atoms with Crippen LogP contribution in [0.1, 0.15) is 34.3 Å². The highest BCUT2D eigenvalue weighted by molar-refractivity contribution is 7.88. The molecule has 10 heteroatoms. The van der Waals surface area contributed by atoms with Crippen LogP contribution in [0, 0.1) is 12.8 Å². The molecule has 0 radical (unpaired) electrons. The van der Waals surface area contributed by atoms with E-state index in [-0.39, 0.29) is 30.7 Å². The molecule has 2 amide bonds. The van der Waals surface area contributed by atoms with Crippen molar-refractivity contribution in [2.24, 2.45) is 11.7 Å². The second-order valence-electron chi connectivity index (χ2n) is 7.46. The van der Waals surface area contributed by atoms with E-state index < -0.39 is 15.9 Å². The number of benzene rings is 2. The average molecular weight is 484 g/mol. The van der Waals surface area contributed by atoms with Crippen LogP contribution in [-0.2, 0) is 20.6 Å². The van der Waals surface area contributed by atoms with E-state index in [4.69, 9.17) is 28.9 Å². The molecule has 2 aromatic rings. The molecule has 1 fully saturated rings. The summed E-state index contributed by atoms with van der Waals surface area (Å²) in [7, 11) is -3.63. The molecule has 1 saturated heterocycles. The summed E-state index contributed by atoms with van der Waals surface area (Å²) in [6.45, 7) is 2.16. The summed E-state index contributed by atoms with van der Waals surface area (Å²) >= 11 is 12.2. The number of nitrogens with zero attached hydrogens (tertiary/aromatic N) is 1. The molecule has 0 saturated carbocycles. The molecular formula is C21H23Cl2N3O4S. The topological polar surface area (TPSA) is 110 Å². The minimum Gasteiger partial charge on any atom is -0.366 e. The Bertz CT molecular complexity index is 1090. The number of hydrogen-bond acceptors (Lipinski definition) is 4. The summed E-state index contributed by atoms with van der Waals surface area (Å²) in [5.41, 5.74) is 7.19. The zero-order valence-corrected chi connectivity index (χ0v) is 19.2. The van der Waals surface area contributed by atoms with Gasteiger partial charge in [0, 0.05) is 45.9 Å². The maximum Gasteiger partial charge on any atom is 0.249 e. The number of piperidine rings is 1. The largest absolute Gasteiger partial charge is 0.366 e. The van der Waals surface area contributed by atoms with Crippen LogP contribution in [-0.4, -0.2) is 37.6 Å². The third-order valence-electron chi connectivity index (χ3n) is 5.46. The summed E-state index contributed by atoms with van der Waals surface area (Å²) in [5, 5.41) is 3.44. The van der Waals surface area contributed by atoms with Gasteiger partial charge in [-0.05, 0) is 49.6 Å². The number of amides is 2. The standard InChI is InChI=1S/C21H23Cl2N3O4S/c1-13-15(20(24)27)4-2-7-19(13)25-21(28)14-8-10-26(11-9-14)31(29,30)12-16-17(22)5-3-6-18(16)23/h2-7,14H,8-12H2,1H3,(H2,24,27)(H,25,28). The number of anilines is 1. The number of hydrogen-bond donors (Lipinski definition) is 2. The Morgan fingerprint density at radius 2 is 1.68 bits per heavy atom. The lowest BCUT2D eigenvalue weighted by atomic mass is 9.96. The maximum atomic E-state index is 12.8. The number of sulfonamides is 1. The third-order valence-corrected chi connectivity index (χ3v) is 7.98. The predicted molar refractivity (Wildman–Crippen MR) is 122 cm³/mol. The predicted octanol–water partition coefficient (Wildman–Crippen LogP) is 3.58. The van der Waals surface area contributed by atoms with E-state index in [0.29, 0.717) is 45.3 Å². The van der Waals surface area contributed by atoms with Gasteiger partial charge in [0.1, 0.15) is 0 Å². The fourth-order valence-corrected chi connectivity index (χ4v) is 5.93. The van der Waals surface area contributed by atoms with Gasteiger partial charge in [-0.1, -0.05) is 35.3 Å². The summed E-state index contributed by atoms with van der Waals surface area (Å²) in [4.78, 5) is 24.2. The molecule has 3 N–H and O–H groups in total. The first-order valence-electron chi connectivity index (χ1n) is 9.71. The quantitative estimate of drug-likeness (QED) is 0.653. The lowest BCUT2D eigenvalue weighted by Gasteiger charge is -2.31. The van der Waals surface area contributed by atoms with Crippen LogP contribution in [0.15, 0.2) is 36.4 Å². The van der Waals surface area contributed by atoms with Gasteiger partial charge in [-0.2, -0.15) is 0 Å². The molecule has 2 aromatic carbocycles. The SMILES string of the molecule is Cc1c(NC(=O)C2CCN(S(=O)(=O)Cc3c(Cl)cccc3Cl)CC2)cccc1C(N)=O. The highest BCUT2D eigenvalue weighted by atomic mass is 35.5. The van der Waals surface area contributed by atoms with E-state index in [1.807, 2.05) is 0 Å². The first-order chi connectivity index (χ1) is 14.6. The lowest BCUT2D eigenvalue weighted by Crippen LogP contribution is -2.42. The molecule has 0 spiro atoms. The summed E-state index contributed by atoms with van der Waals surface area (Å²) < 4.78 is 27.0. The van der Waals surface area contributed by atoms with Crippen molar-refractivity contribution in [2.45, 2.75) is 25.5 Å². The Morgan fingerprint density at radius 1 is 1.10 bits per heavy atom. The second kappa shape index (κ2) is 9.56. The van der Waals surface area contributed by atoms with Crippen molar-refractivity contribution in [3.05, 3.63) is 63.1 Å². The molecule has 0 aromatic heterocycles. The monoisotopic (exact) mass is 483 g/mol. The Hall–Kier alpha value is -2.13. The van der Waals surface area contributed by atoms with Crippen molar-refractivity contribution < 1.29 is 18.0 Å². The van der Waals surface area contributed by atoms with Gasteiger partial charge in [-0.25, -0.2) is 12.7 Å². The normalized spacial score (nSPS) is 15.6. The van der Waals surface area contributed by atoms with E-state index in [1.165, 1.54) is 4.31 Å². The van der Waals surface area contributed by atoms with Gasteiger partial charge >= 0.3 is 0 Å². The molecule has 31 heavy (non-hydrogen) atoms. The maximum absolute atomic E-state index is 12.8. The van der Waals surface area contributed by atoms with Crippen LogP contribution in [0.25, 0.3) is 0 Å². The van der Waals surface area contributed by atoms with Crippen LogP contribution < -0.4 is 11.1 Å². The highest BCUT2D eigenvalue weighted by Gasteiger charge is 2.32. The van der Waals surface area contributed by atoms with Gasteiger partial charge in [0.2, 0.25) is 21.8 Å². The highest BCUT2D eigenvalue weighted by Crippen LogP contribution is 2.29. The average Bonchev–Trinajstić information content (AvgIpc) is 2.72. The van der Waals surface area contributed by atoms with Crippen LogP contribution in [0.3, 0.4) is 0 Å². The van der Waals surface area contributed by atoms with Gasteiger partial charge in [0.25, 0.3) is 0 Å². The molecule has 7 nitrogen and oxygen atoms in total. The summed E-state index contributed by atoms with van der Waals surface area (Å²) in [6.07, 6.45) is 0.770. The summed E-state index contributed by atoms with van der Waals surface area (Å²) in [6, 6.07) is 9.81. The van der Waals surface area contributed by atoms with Crippen molar-refractivity contribution in [1.82, 2.24) is 4.31 Å². The van der Waals surface area contributed by atoms with Gasteiger partial charge < -0.3 is 11.1 Å². The van der Waals surface area contributed by atoms with Crippen molar-refractivity contribution >= 4 is 50.7 Å². The molecule has 3 rings (SSSR count). The van der Waals surface area contributed by atoms with Gasteiger partial charge in [0.05, 0.1) is 5.75 Å². The molecule has 0 aliphatic carbocycles. The van der Waals surface area contributed by atoms with Crippen molar-refractivity contribution in [2.75, 3.05) is 18.4 Å². The van der Waals surface area contributed by atoms with Gasteiger partial charge in [-0.15, -0.1) is 0 Å². The van der Waals surface area contributed by atoms with Crippen LogP contribution >= 0.6 is 23.2 Å². The van der Waals surface area contributed by atoms with Crippen molar-refractivity contribution in [3.8, 4) is 0 Å². The van der Waals surface area contributed by atoms with Crippen molar-refractivity contribution in [3.63, 3.8) is 0 Å². The lowest BCUT2D eigenvalue weighted by molar-refractivity contribution is -0.120. The molecule has 1 heterocycles. The molecule has 1 aliphatic rings. The minimum absolute atomic E-state index is 0.212. The molecule has 1 aliphatic heterocycles. The fourth-order valence-electron chi connectivity index (χ4n) is 3.61. The van der Waals surface area contributed by atoms with E-state index in [9.17, 15) is 18.0 Å². The molecule has 166 valence electrons. The van der Waals surface area contributed by atoms with Crippen LogP contribution in [0.4, 0.5) is 5.69 Å². The number of nitrogens with two attached hydrogens (primary N) is 1. The Morgan fingerprint density at radius 3 is 2.26 bits per heavy atom. The fraction of sp³-hybridized carbons (Fsp3) is 0.333. The van der Waals surface area contributed by atoms with E-state index in [0.717, 1.165) is 0 Å². The zero-order chi connectivity index (χ0) is 22.8. The number of primary amides is 1. The summed E-state index contributed by atoms with van der Waals surface area (Å²) in [5.74, 6) is -1.41. The number of carbonyl (C=O) groups excluding carboxylic acids is 2. The smallest absolute Gasteiger partial charge is 0.249 e. The molecule has 0 unspecified atom stereocenters. The zero-order valence-electron chi connectivity index (χ0n) is 16.9. The Labute approximate surface area is 191 Å². The van der Waals surface area contributed by atoms with Crippen LogP contribution in [0.5, 0.6) is 0 Å². The Balaban J connectivity index is 1.63. The van der Waals surface area contributed by atoms with E-state index in [1.54, 1.807) is 43.3 Å². The molecule has 0 bridgehead atoms. The van der Waals surface area contributed by atoms with Gasteiger partial charge in [-0.3, -0.25) is 9.59 Å². The molecule has 0 atom stereocenters. The molecular weight excluding hydrogens is 461 g/mol.